The summed E-state index contributed by atoms with van der Waals surface area (Å²) in [6.07, 6.45) is 3.29. The second-order valence-corrected chi connectivity index (χ2v) is 4.86. The summed E-state index contributed by atoms with van der Waals surface area (Å²) < 4.78 is 0. The van der Waals surface area contributed by atoms with Gasteiger partial charge in [-0.2, -0.15) is 0 Å². The lowest BCUT2D eigenvalue weighted by Gasteiger charge is -2.06. The van der Waals surface area contributed by atoms with Gasteiger partial charge < -0.3 is 11.1 Å². The number of carbonyl (C=O) groups is 2. The molecule has 0 aliphatic heterocycles. The van der Waals surface area contributed by atoms with Gasteiger partial charge in [-0.15, -0.1) is 11.8 Å². The molecule has 0 spiro atoms. The molecule has 0 aliphatic carbocycles. The van der Waals surface area contributed by atoms with E-state index in [4.69, 9.17) is 5.73 Å². The van der Waals surface area contributed by atoms with E-state index in [1.165, 1.54) is 18.3 Å². The zero-order valence-corrected chi connectivity index (χ0v) is 11.6. The summed E-state index contributed by atoms with van der Waals surface area (Å²) in [6.45, 7) is 0. The highest BCUT2D eigenvalue weighted by atomic mass is 32.2. The van der Waals surface area contributed by atoms with E-state index < -0.39 is 5.91 Å². The van der Waals surface area contributed by atoms with E-state index in [2.05, 4.69) is 10.3 Å². The fraction of sp³-hybridized carbons (Fsp3) is 0.0714. The molecule has 0 aliphatic rings. The third-order valence-electron chi connectivity index (χ3n) is 2.61. The van der Waals surface area contributed by atoms with Gasteiger partial charge in [0.05, 0.1) is 5.56 Å². The molecule has 5 nitrogen and oxygen atoms in total. The molecule has 2 aromatic rings. The second-order valence-electron chi connectivity index (χ2n) is 3.98. The summed E-state index contributed by atoms with van der Waals surface area (Å²) in [5.41, 5.74) is 6.30. The number of amides is 2. The fourth-order valence-electron chi connectivity index (χ4n) is 1.58. The number of rotatable bonds is 4. The first-order chi connectivity index (χ1) is 9.60. The quantitative estimate of drug-likeness (QED) is 0.844. The van der Waals surface area contributed by atoms with Crippen LogP contribution >= 0.6 is 11.8 Å². The van der Waals surface area contributed by atoms with E-state index >= 15 is 0 Å². The van der Waals surface area contributed by atoms with E-state index in [1.54, 1.807) is 11.8 Å². The zero-order valence-electron chi connectivity index (χ0n) is 10.8. The molecule has 1 aromatic carbocycles. The van der Waals surface area contributed by atoms with Gasteiger partial charge in [0.25, 0.3) is 11.8 Å². The normalized spacial score (nSPS) is 10.1. The molecule has 0 saturated carbocycles. The number of benzene rings is 1. The molecule has 3 N–H and O–H groups in total. The molecular formula is C14H13N3O2S. The van der Waals surface area contributed by atoms with E-state index in [1.807, 2.05) is 30.5 Å². The number of thioether (sulfide) groups is 1. The Hall–Kier alpha value is -2.34. The number of pyridine rings is 1. The Bertz CT molecular complexity index is 641. The summed E-state index contributed by atoms with van der Waals surface area (Å²) in [7, 11) is 0. The lowest BCUT2D eigenvalue weighted by Crippen LogP contribution is -2.15. The van der Waals surface area contributed by atoms with Crippen LogP contribution in [0.25, 0.3) is 0 Å². The smallest absolute Gasteiger partial charge is 0.267 e. The number of aromatic nitrogens is 1. The van der Waals surface area contributed by atoms with Crippen LogP contribution in [0.4, 0.5) is 5.69 Å². The van der Waals surface area contributed by atoms with Crippen molar-refractivity contribution in [2.75, 3.05) is 11.6 Å². The van der Waals surface area contributed by atoms with Crippen molar-refractivity contribution in [1.29, 1.82) is 0 Å². The maximum absolute atomic E-state index is 12.0. The Kier molecular flexibility index (Phi) is 4.37. The highest BCUT2D eigenvalue weighted by Crippen LogP contribution is 2.19. The van der Waals surface area contributed by atoms with Crippen molar-refractivity contribution < 1.29 is 9.59 Å². The van der Waals surface area contributed by atoms with Gasteiger partial charge in [0.1, 0.15) is 5.69 Å². The Morgan fingerprint density at radius 2 is 2.05 bits per heavy atom. The van der Waals surface area contributed by atoms with Gasteiger partial charge in [-0.05, 0) is 36.6 Å². The molecule has 2 rings (SSSR count). The molecular weight excluding hydrogens is 274 g/mol. The van der Waals surface area contributed by atoms with Gasteiger partial charge in [0.2, 0.25) is 0 Å². The van der Waals surface area contributed by atoms with Gasteiger partial charge in [-0.3, -0.25) is 14.6 Å². The number of nitrogens with one attached hydrogen (secondary N) is 1. The third kappa shape index (κ3) is 3.36. The summed E-state index contributed by atoms with van der Waals surface area (Å²) in [5.74, 6) is -0.906. The Morgan fingerprint density at radius 1 is 1.25 bits per heavy atom. The highest BCUT2D eigenvalue weighted by Gasteiger charge is 2.08. The Balaban J connectivity index is 2.13. The number of nitrogens with two attached hydrogens (primary N) is 1. The topological polar surface area (TPSA) is 85.1 Å². The molecule has 102 valence electrons. The van der Waals surface area contributed by atoms with Crippen molar-refractivity contribution in [3.8, 4) is 0 Å². The number of nitrogens with zero attached hydrogens (tertiary/aromatic N) is 1. The fourth-order valence-corrected chi connectivity index (χ4v) is 2.04. The molecule has 0 bridgehead atoms. The van der Waals surface area contributed by atoms with Crippen molar-refractivity contribution in [3.63, 3.8) is 0 Å². The number of primary amides is 1. The minimum absolute atomic E-state index is 0.130. The van der Waals surface area contributed by atoms with Crippen LogP contribution < -0.4 is 11.1 Å². The maximum atomic E-state index is 12.0. The average molecular weight is 287 g/mol. The van der Waals surface area contributed by atoms with Crippen LogP contribution in [0.5, 0.6) is 0 Å². The number of hydrogen-bond donors (Lipinski definition) is 2. The summed E-state index contributed by atoms with van der Waals surface area (Å²) in [6, 6.07) is 10.5. The van der Waals surface area contributed by atoms with Crippen molar-refractivity contribution >= 4 is 29.3 Å². The molecule has 0 unspecified atom stereocenters. The van der Waals surface area contributed by atoms with Crippen LogP contribution in [-0.4, -0.2) is 23.1 Å². The number of carbonyl (C=O) groups excluding carboxylic acids is 2. The predicted molar refractivity (Wildman–Crippen MR) is 78.9 cm³/mol. The first kappa shape index (κ1) is 14.1. The summed E-state index contributed by atoms with van der Waals surface area (Å²) in [4.78, 5) is 27.8. The van der Waals surface area contributed by atoms with E-state index in [0.29, 0.717) is 11.3 Å². The first-order valence-electron chi connectivity index (χ1n) is 5.81. The molecule has 0 fully saturated rings. The van der Waals surface area contributed by atoms with Crippen molar-refractivity contribution in [1.82, 2.24) is 4.98 Å². The monoisotopic (exact) mass is 287 g/mol. The van der Waals surface area contributed by atoms with Gasteiger partial charge in [0.15, 0.2) is 0 Å². The Morgan fingerprint density at radius 3 is 2.65 bits per heavy atom. The van der Waals surface area contributed by atoms with E-state index in [9.17, 15) is 9.59 Å². The van der Waals surface area contributed by atoms with Gasteiger partial charge in [0, 0.05) is 16.8 Å². The molecule has 0 atom stereocenters. The number of hydrogen-bond acceptors (Lipinski definition) is 4. The maximum Gasteiger partial charge on any atom is 0.267 e. The SMILES string of the molecule is CSc1cccc(NC(=O)c2ccc(C(N)=O)nc2)c1. The van der Waals surface area contributed by atoms with Crippen molar-refractivity contribution in [2.24, 2.45) is 5.73 Å². The minimum atomic E-state index is -0.621. The first-order valence-corrected chi connectivity index (χ1v) is 7.04. The molecule has 20 heavy (non-hydrogen) atoms. The lowest BCUT2D eigenvalue weighted by molar-refractivity contribution is 0.0990. The predicted octanol–water partition coefficient (Wildman–Crippen LogP) is 2.15. The lowest BCUT2D eigenvalue weighted by atomic mass is 10.2. The van der Waals surface area contributed by atoms with Crippen LogP contribution in [0, 0.1) is 0 Å². The number of anilines is 1. The van der Waals surface area contributed by atoms with Crippen LogP contribution in [0.1, 0.15) is 20.8 Å². The standard InChI is InChI=1S/C14H13N3O2S/c1-20-11-4-2-3-10(7-11)17-14(19)9-5-6-12(13(15)18)16-8-9/h2-8H,1H3,(H2,15,18)(H,17,19). The largest absolute Gasteiger partial charge is 0.364 e. The van der Waals surface area contributed by atoms with Gasteiger partial charge >= 0.3 is 0 Å². The molecule has 1 heterocycles. The van der Waals surface area contributed by atoms with Crippen LogP contribution in [0.3, 0.4) is 0 Å². The minimum Gasteiger partial charge on any atom is -0.364 e. The van der Waals surface area contributed by atoms with Crippen LogP contribution in [0.2, 0.25) is 0 Å². The molecule has 0 radical (unpaired) electrons. The third-order valence-corrected chi connectivity index (χ3v) is 3.33. The van der Waals surface area contributed by atoms with E-state index in [0.717, 1.165) is 4.90 Å². The molecule has 0 saturated heterocycles. The highest BCUT2D eigenvalue weighted by molar-refractivity contribution is 7.98. The van der Waals surface area contributed by atoms with Crippen LogP contribution in [-0.2, 0) is 0 Å². The molecule has 1 aromatic heterocycles. The average Bonchev–Trinajstić information content (AvgIpc) is 2.47. The van der Waals surface area contributed by atoms with E-state index in [-0.39, 0.29) is 11.6 Å². The second kappa shape index (κ2) is 6.21. The molecule has 6 heteroatoms. The van der Waals surface area contributed by atoms with Gasteiger partial charge in [-0.25, -0.2) is 0 Å². The summed E-state index contributed by atoms with van der Waals surface area (Å²) in [5, 5.41) is 2.77. The zero-order chi connectivity index (χ0) is 14.5. The molecule has 2 amide bonds. The van der Waals surface area contributed by atoms with Gasteiger partial charge in [-0.1, -0.05) is 6.07 Å². The van der Waals surface area contributed by atoms with Crippen molar-refractivity contribution in [2.45, 2.75) is 4.90 Å². The van der Waals surface area contributed by atoms with Crippen molar-refractivity contribution in [3.05, 3.63) is 53.9 Å². The summed E-state index contributed by atoms with van der Waals surface area (Å²) >= 11 is 1.60. The van der Waals surface area contributed by atoms with Crippen LogP contribution in [0.15, 0.2) is 47.5 Å². The Labute approximate surface area is 120 Å².